The van der Waals surface area contributed by atoms with Crippen LogP contribution in [0.5, 0.6) is 0 Å². The summed E-state index contributed by atoms with van der Waals surface area (Å²) in [6.07, 6.45) is 0. The van der Waals surface area contributed by atoms with E-state index < -0.39 is 0 Å². The fourth-order valence-electron chi connectivity index (χ4n) is 2.26. The number of benzene rings is 2. The van der Waals surface area contributed by atoms with Crippen molar-refractivity contribution in [1.29, 1.82) is 0 Å². The maximum Gasteiger partial charge on any atom is 0.326 e. The summed E-state index contributed by atoms with van der Waals surface area (Å²) >= 11 is 6.09. The average Bonchev–Trinajstić information content (AvgIpc) is 2.71. The van der Waals surface area contributed by atoms with Gasteiger partial charge in [0.05, 0.1) is 22.6 Å². The fourth-order valence-corrected chi connectivity index (χ4v) is 2.48. The van der Waals surface area contributed by atoms with Crippen molar-refractivity contribution in [1.82, 2.24) is 9.55 Å². The van der Waals surface area contributed by atoms with Gasteiger partial charge >= 0.3 is 5.69 Å². The van der Waals surface area contributed by atoms with Crippen molar-refractivity contribution in [2.45, 2.75) is 13.5 Å². The molecule has 3 aromatic rings. The monoisotopic (exact) mass is 272 g/mol. The van der Waals surface area contributed by atoms with E-state index in [0.29, 0.717) is 17.1 Å². The predicted octanol–water partition coefficient (Wildman–Crippen LogP) is 3.34. The largest absolute Gasteiger partial charge is 0.326 e. The van der Waals surface area contributed by atoms with E-state index in [2.05, 4.69) is 4.98 Å². The molecule has 96 valence electrons. The number of hydrogen-bond acceptors (Lipinski definition) is 1. The van der Waals surface area contributed by atoms with Crippen LogP contribution in [0.3, 0.4) is 0 Å². The molecule has 0 aliphatic carbocycles. The zero-order valence-corrected chi connectivity index (χ0v) is 11.2. The van der Waals surface area contributed by atoms with Crippen molar-refractivity contribution < 1.29 is 0 Å². The van der Waals surface area contributed by atoms with E-state index in [0.717, 1.165) is 11.1 Å². The fraction of sp³-hybridized carbons (Fsp3) is 0.133. The lowest BCUT2D eigenvalue weighted by Crippen LogP contribution is -2.17. The topological polar surface area (TPSA) is 37.8 Å². The van der Waals surface area contributed by atoms with Crippen LogP contribution in [0, 0.1) is 6.92 Å². The first-order chi connectivity index (χ1) is 9.16. The number of hydrogen-bond donors (Lipinski definition) is 1. The Morgan fingerprint density at radius 2 is 1.95 bits per heavy atom. The zero-order chi connectivity index (χ0) is 13.4. The normalized spacial score (nSPS) is 11.1. The number of H-pyrrole nitrogens is 1. The third kappa shape index (κ3) is 2.06. The van der Waals surface area contributed by atoms with Gasteiger partial charge in [0, 0.05) is 0 Å². The second kappa shape index (κ2) is 4.59. The lowest BCUT2D eigenvalue weighted by atomic mass is 10.1. The molecule has 0 saturated carbocycles. The molecule has 0 spiro atoms. The van der Waals surface area contributed by atoms with Gasteiger partial charge < -0.3 is 4.98 Å². The number of nitrogens with one attached hydrogen (secondary N) is 1. The van der Waals surface area contributed by atoms with Crippen LogP contribution in [0.25, 0.3) is 11.0 Å². The number of imidazole rings is 1. The summed E-state index contributed by atoms with van der Waals surface area (Å²) in [4.78, 5) is 14.9. The summed E-state index contributed by atoms with van der Waals surface area (Å²) in [5.74, 6) is 0. The van der Waals surface area contributed by atoms with Gasteiger partial charge in [-0.25, -0.2) is 4.79 Å². The molecule has 0 fully saturated rings. The van der Waals surface area contributed by atoms with Crippen LogP contribution in [0.1, 0.15) is 11.1 Å². The second-order valence-electron chi connectivity index (χ2n) is 4.58. The van der Waals surface area contributed by atoms with Crippen LogP contribution < -0.4 is 5.69 Å². The van der Waals surface area contributed by atoms with Crippen LogP contribution in [-0.4, -0.2) is 9.55 Å². The number of nitrogens with zero attached hydrogens (tertiary/aromatic N) is 1. The summed E-state index contributed by atoms with van der Waals surface area (Å²) in [6.45, 7) is 2.59. The van der Waals surface area contributed by atoms with E-state index >= 15 is 0 Å². The highest BCUT2D eigenvalue weighted by Crippen LogP contribution is 2.21. The summed E-state index contributed by atoms with van der Waals surface area (Å²) in [5.41, 5.74) is 3.70. The first kappa shape index (κ1) is 12.1. The van der Waals surface area contributed by atoms with Gasteiger partial charge in [-0.2, -0.15) is 0 Å². The number of para-hydroxylation sites is 1. The highest BCUT2D eigenvalue weighted by atomic mass is 35.5. The Balaban J connectivity index is 2.16. The van der Waals surface area contributed by atoms with E-state index in [-0.39, 0.29) is 5.69 Å². The molecule has 1 N–H and O–H groups in total. The molecular weight excluding hydrogens is 260 g/mol. The molecule has 0 aliphatic rings. The van der Waals surface area contributed by atoms with E-state index in [4.69, 9.17) is 11.6 Å². The minimum atomic E-state index is -0.133. The molecule has 0 aliphatic heterocycles. The summed E-state index contributed by atoms with van der Waals surface area (Å²) < 4.78 is 1.71. The molecular formula is C15H13ClN2O. The molecule has 1 heterocycles. The Morgan fingerprint density at radius 1 is 1.16 bits per heavy atom. The minimum Gasteiger partial charge on any atom is -0.304 e. The molecule has 0 bridgehead atoms. The Kier molecular flexibility index (Phi) is 2.91. The van der Waals surface area contributed by atoms with Gasteiger partial charge in [-0.3, -0.25) is 4.57 Å². The maximum atomic E-state index is 12.1. The lowest BCUT2D eigenvalue weighted by molar-refractivity contribution is 0.782. The van der Waals surface area contributed by atoms with Crippen LogP contribution in [0.4, 0.5) is 0 Å². The van der Waals surface area contributed by atoms with Gasteiger partial charge in [-0.15, -0.1) is 0 Å². The van der Waals surface area contributed by atoms with Crippen molar-refractivity contribution in [2.75, 3.05) is 0 Å². The number of aryl methyl sites for hydroxylation is 1. The first-order valence-corrected chi connectivity index (χ1v) is 6.46. The molecule has 3 rings (SSSR count). The molecule has 0 saturated heterocycles. The maximum absolute atomic E-state index is 12.1. The Labute approximate surface area is 115 Å². The number of aromatic nitrogens is 2. The van der Waals surface area contributed by atoms with Gasteiger partial charge in [0.2, 0.25) is 0 Å². The first-order valence-electron chi connectivity index (χ1n) is 6.08. The van der Waals surface area contributed by atoms with Gasteiger partial charge in [0.25, 0.3) is 0 Å². The number of fused-ring (bicyclic) bond motifs is 1. The quantitative estimate of drug-likeness (QED) is 0.763. The standard InChI is InChI=1S/C15H13ClN2O/c1-10-5-2-3-6-11(10)9-18-13-8-4-7-12(16)14(13)17-15(18)19/h2-8H,9H2,1H3,(H,17,19). The van der Waals surface area contributed by atoms with E-state index in [1.807, 2.05) is 43.3 Å². The Bertz CT molecular complexity index is 801. The smallest absolute Gasteiger partial charge is 0.304 e. The average molecular weight is 273 g/mol. The molecule has 1 aromatic heterocycles. The van der Waals surface area contributed by atoms with Crippen LogP contribution in [0.15, 0.2) is 47.3 Å². The van der Waals surface area contributed by atoms with Crippen molar-refractivity contribution in [3.63, 3.8) is 0 Å². The minimum absolute atomic E-state index is 0.133. The van der Waals surface area contributed by atoms with Gasteiger partial charge in [-0.1, -0.05) is 41.9 Å². The van der Waals surface area contributed by atoms with E-state index in [1.165, 1.54) is 5.56 Å². The van der Waals surface area contributed by atoms with Gasteiger partial charge in [0.15, 0.2) is 0 Å². The summed E-state index contributed by atoms with van der Waals surface area (Å²) in [7, 11) is 0. The Morgan fingerprint density at radius 3 is 2.74 bits per heavy atom. The summed E-state index contributed by atoms with van der Waals surface area (Å²) in [5, 5.41) is 0.568. The third-order valence-corrected chi connectivity index (χ3v) is 3.66. The SMILES string of the molecule is Cc1ccccc1Cn1c(=O)[nH]c2c(Cl)cccc21. The van der Waals surface area contributed by atoms with Gasteiger partial charge in [-0.05, 0) is 30.2 Å². The van der Waals surface area contributed by atoms with Crippen LogP contribution >= 0.6 is 11.6 Å². The van der Waals surface area contributed by atoms with E-state index in [1.54, 1.807) is 10.6 Å². The van der Waals surface area contributed by atoms with Crippen LogP contribution in [-0.2, 0) is 6.54 Å². The predicted molar refractivity (Wildman–Crippen MR) is 77.8 cm³/mol. The number of rotatable bonds is 2. The van der Waals surface area contributed by atoms with Crippen molar-refractivity contribution in [3.05, 3.63) is 69.1 Å². The van der Waals surface area contributed by atoms with E-state index in [9.17, 15) is 4.79 Å². The lowest BCUT2D eigenvalue weighted by Gasteiger charge is -2.06. The van der Waals surface area contributed by atoms with Crippen molar-refractivity contribution in [3.8, 4) is 0 Å². The number of aromatic amines is 1. The second-order valence-corrected chi connectivity index (χ2v) is 4.98. The van der Waals surface area contributed by atoms with Gasteiger partial charge in [0.1, 0.15) is 0 Å². The summed E-state index contributed by atoms with van der Waals surface area (Å²) in [6, 6.07) is 13.6. The highest BCUT2D eigenvalue weighted by molar-refractivity contribution is 6.34. The molecule has 0 radical (unpaired) electrons. The zero-order valence-electron chi connectivity index (χ0n) is 10.5. The number of halogens is 1. The van der Waals surface area contributed by atoms with Crippen molar-refractivity contribution in [2.24, 2.45) is 0 Å². The molecule has 19 heavy (non-hydrogen) atoms. The highest BCUT2D eigenvalue weighted by Gasteiger charge is 2.10. The molecule has 3 nitrogen and oxygen atoms in total. The Hall–Kier alpha value is -2.00. The van der Waals surface area contributed by atoms with Crippen LogP contribution in [0.2, 0.25) is 5.02 Å². The molecule has 0 atom stereocenters. The third-order valence-electron chi connectivity index (χ3n) is 3.35. The molecule has 0 amide bonds. The molecule has 0 unspecified atom stereocenters. The molecule has 4 heteroatoms. The van der Waals surface area contributed by atoms with Crippen molar-refractivity contribution >= 4 is 22.6 Å². The molecule has 2 aromatic carbocycles.